The van der Waals surface area contributed by atoms with Crippen LogP contribution in [0.1, 0.15) is 65.2 Å². The third-order valence-electron chi connectivity index (χ3n) is 2.74. The predicted molar refractivity (Wildman–Crippen MR) is 68.5 cm³/mol. The zero-order valence-corrected chi connectivity index (χ0v) is 11.7. The lowest BCUT2D eigenvalue weighted by Crippen LogP contribution is -2.13. The Morgan fingerprint density at radius 3 is 2.53 bits per heavy atom. The Hall–Kier alpha value is -0.900. The molecule has 1 aromatic rings. The van der Waals surface area contributed by atoms with Crippen molar-refractivity contribution in [2.24, 2.45) is 17.1 Å². The molecule has 0 amide bonds. The Morgan fingerprint density at radius 2 is 2.00 bits per heavy atom. The number of rotatable bonds is 5. The van der Waals surface area contributed by atoms with Crippen LogP contribution in [0.3, 0.4) is 0 Å². The highest BCUT2D eigenvalue weighted by Gasteiger charge is 2.19. The van der Waals surface area contributed by atoms with Crippen LogP contribution in [-0.4, -0.2) is 10.1 Å². The Kier molecular flexibility index (Phi) is 4.69. The van der Waals surface area contributed by atoms with Gasteiger partial charge in [0.1, 0.15) is 0 Å². The van der Waals surface area contributed by atoms with Gasteiger partial charge in [-0.3, -0.25) is 0 Å². The Bertz CT molecular complexity index is 341. The molecule has 2 N–H and O–H groups in total. The number of nitrogens with zero attached hydrogens (tertiary/aromatic N) is 2. The van der Waals surface area contributed by atoms with Crippen LogP contribution >= 0.6 is 0 Å². The highest BCUT2D eigenvalue weighted by atomic mass is 16.5. The first kappa shape index (κ1) is 14.2. The summed E-state index contributed by atoms with van der Waals surface area (Å²) in [6.45, 7) is 11.0. The standard InChI is InChI=1S/C13H25N3O/c1-6-10(14)12-15-11(17-16-12)7-9(2)8-13(3,4)5/h9-10H,6-8,14H2,1-5H3. The Labute approximate surface area is 104 Å². The summed E-state index contributed by atoms with van der Waals surface area (Å²) in [5, 5.41) is 3.93. The molecule has 1 rings (SSSR count). The van der Waals surface area contributed by atoms with Crippen LogP contribution in [0.5, 0.6) is 0 Å². The van der Waals surface area contributed by atoms with Gasteiger partial charge >= 0.3 is 0 Å². The number of hydrogen-bond acceptors (Lipinski definition) is 4. The fraction of sp³-hybridized carbons (Fsp3) is 0.846. The Morgan fingerprint density at radius 1 is 1.35 bits per heavy atom. The van der Waals surface area contributed by atoms with Crippen LogP contribution in [0.15, 0.2) is 4.52 Å². The third-order valence-corrected chi connectivity index (χ3v) is 2.74. The molecular formula is C13H25N3O. The van der Waals surface area contributed by atoms with E-state index in [0.29, 0.717) is 23.0 Å². The summed E-state index contributed by atoms with van der Waals surface area (Å²) >= 11 is 0. The molecule has 0 saturated carbocycles. The van der Waals surface area contributed by atoms with Crippen LogP contribution in [0.2, 0.25) is 0 Å². The highest BCUT2D eigenvalue weighted by Crippen LogP contribution is 2.26. The largest absolute Gasteiger partial charge is 0.339 e. The molecule has 0 bridgehead atoms. The van der Waals surface area contributed by atoms with Crippen molar-refractivity contribution < 1.29 is 4.52 Å². The molecule has 0 saturated heterocycles. The normalized spacial score (nSPS) is 15.9. The molecule has 0 fully saturated rings. The lowest BCUT2D eigenvalue weighted by molar-refractivity contribution is 0.282. The molecular weight excluding hydrogens is 214 g/mol. The van der Waals surface area contributed by atoms with Crippen molar-refractivity contribution in [2.75, 3.05) is 0 Å². The maximum atomic E-state index is 5.86. The summed E-state index contributed by atoms with van der Waals surface area (Å²) in [6.07, 6.45) is 2.81. The topological polar surface area (TPSA) is 64.9 Å². The second-order valence-corrected chi connectivity index (χ2v) is 6.14. The first-order chi connectivity index (χ1) is 7.81. The van der Waals surface area contributed by atoms with Crippen molar-refractivity contribution in [1.82, 2.24) is 10.1 Å². The first-order valence-corrected chi connectivity index (χ1v) is 6.40. The van der Waals surface area contributed by atoms with E-state index in [1.54, 1.807) is 0 Å². The minimum absolute atomic E-state index is 0.106. The molecule has 1 aromatic heterocycles. The van der Waals surface area contributed by atoms with Gasteiger partial charge in [-0.25, -0.2) is 0 Å². The van der Waals surface area contributed by atoms with Crippen molar-refractivity contribution in [3.63, 3.8) is 0 Å². The van der Waals surface area contributed by atoms with Gasteiger partial charge in [-0.1, -0.05) is 39.8 Å². The monoisotopic (exact) mass is 239 g/mol. The van der Waals surface area contributed by atoms with Crippen LogP contribution < -0.4 is 5.73 Å². The zero-order valence-electron chi connectivity index (χ0n) is 11.7. The average Bonchev–Trinajstić information content (AvgIpc) is 2.62. The predicted octanol–water partition coefficient (Wildman–Crippen LogP) is 3.09. The van der Waals surface area contributed by atoms with E-state index in [-0.39, 0.29) is 6.04 Å². The molecule has 0 spiro atoms. The van der Waals surface area contributed by atoms with Crippen LogP contribution in [0.25, 0.3) is 0 Å². The van der Waals surface area contributed by atoms with Crippen molar-refractivity contribution in [2.45, 2.75) is 59.9 Å². The molecule has 0 aliphatic rings. The van der Waals surface area contributed by atoms with Gasteiger partial charge in [0.05, 0.1) is 6.04 Å². The van der Waals surface area contributed by atoms with E-state index >= 15 is 0 Å². The number of aromatic nitrogens is 2. The Balaban J connectivity index is 2.54. The fourth-order valence-electron chi connectivity index (χ4n) is 2.10. The van der Waals surface area contributed by atoms with E-state index in [2.05, 4.69) is 37.8 Å². The van der Waals surface area contributed by atoms with E-state index in [9.17, 15) is 0 Å². The van der Waals surface area contributed by atoms with Gasteiger partial charge in [0, 0.05) is 6.42 Å². The van der Waals surface area contributed by atoms with Crippen LogP contribution in [0.4, 0.5) is 0 Å². The number of hydrogen-bond donors (Lipinski definition) is 1. The molecule has 0 radical (unpaired) electrons. The van der Waals surface area contributed by atoms with Crippen molar-refractivity contribution in [3.05, 3.63) is 11.7 Å². The number of nitrogens with two attached hydrogens (primary N) is 1. The zero-order chi connectivity index (χ0) is 13.1. The molecule has 4 heteroatoms. The molecule has 2 unspecified atom stereocenters. The third kappa shape index (κ3) is 4.86. The molecule has 1 heterocycles. The molecule has 0 aliphatic heterocycles. The lowest BCUT2D eigenvalue weighted by Gasteiger charge is -2.22. The van der Waals surface area contributed by atoms with Crippen molar-refractivity contribution in [1.29, 1.82) is 0 Å². The summed E-state index contributed by atoms with van der Waals surface area (Å²) in [6, 6.07) is -0.106. The van der Waals surface area contributed by atoms with E-state index in [1.165, 1.54) is 0 Å². The van der Waals surface area contributed by atoms with Gasteiger partial charge in [-0.2, -0.15) is 4.98 Å². The highest BCUT2D eigenvalue weighted by molar-refractivity contribution is 4.93. The second-order valence-electron chi connectivity index (χ2n) is 6.14. The van der Waals surface area contributed by atoms with Gasteiger partial charge in [0.2, 0.25) is 5.89 Å². The van der Waals surface area contributed by atoms with Gasteiger partial charge in [0.15, 0.2) is 5.82 Å². The fourth-order valence-corrected chi connectivity index (χ4v) is 2.10. The van der Waals surface area contributed by atoms with Gasteiger partial charge < -0.3 is 10.3 Å². The van der Waals surface area contributed by atoms with Crippen molar-refractivity contribution >= 4 is 0 Å². The maximum absolute atomic E-state index is 5.86. The molecule has 4 nitrogen and oxygen atoms in total. The maximum Gasteiger partial charge on any atom is 0.226 e. The summed E-state index contributed by atoms with van der Waals surface area (Å²) in [4.78, 5) is 4.35. The minimum Gasteiger partial charge on any atom is -0.339 e. The SMILES string of the molecule is CCC(N)c1noc(CC(C)CC(C)(C)C)n1. The minimum atomic E-state index is -0.106. The molecule has 2 atom stereocenters. The van der Waals surface area contributed by atoms with Crippen LogP contribution in [0, 0.1) is 11.3 Å². The lowest BCUT2D eigenvalue weighted by atomic mass is 9.84. The molecule has 0 aliphatic carbocycles. The molecule has 17 heavy (non-hydrogen) atoms. The molecule has 0 aromatic carbocycles. The van der Waals surface area contributed by atoms with E-state index in [1.807, 2.05) is 6.92 Å². The van der Waals surface area contributed by atoms with Crippen LogP contribution in [-0.2, 0) is 6.42 Å². The summed E-state index contributed by atoms with van der Waals surface area (Å²) in [5.41, 5.74) is 6.19. The summed E-state index contributed by atoms with van der Waals surface area (Å²) in [7, 11) is 0. The van der Waals surface area contributed by atoms with Gasteiger partial charge in [-0.15, -0.1) is 0 Å². The van der Waals surface area contributed by atoms with E-state index in [0.717, 1.165) is 19.3 Å². The van der Waals surface area contributed by atoms with Gasteiger partial charge in [0.25, 0.3) is 0 Å². The van der Waals surface area contributed by atoms with Gasteiger partial charge in [-0.05, 0) is 24.2 Å². The average molecular weight is 239 g/mol. The summed E-state index contributed by atoms with van der Waals surface area (Å²) < 4.78 is 5.23. The second kappa shape index (κ2) is 5.63. The van der Waals surface area contributed by atoms with E-state index in [4.69, 9.17) is 10.3 Å². The van der Waals surface area contributed by atoms with E-state index < -0.39 is 0 Å². The van der Waals surface area contributed by atoms with Crippen molar-refractivity contribution in [3.8, 4) is 0 Å². The smallest absolute Gasteiger partial charge is 0.226 e. The quantitative estimate of drug-likeness (QED) is 0.857. The summed E-state index contributed by atoms with van der Waals surface area (Å²) in [5.74, 6) is 1.88. The first-order valence-electron chi connectivity index (χ1n) is 6.40. The molecule has 98 valence electrons.